The third-order valence-electron chi connectivity index (χ3n) is 1.76. The molecule has 2 N–H and O–H groups in total. The summed E-state index contributed by atoms with van der Waals surface area (Å²) in [5.74, 6) is -1.39. The number of aromatic nitrogens is 1. The molecule has 0 aliphatic rings. The van der Waals surface area contributed by atoms with Gasteiger partial charge in [0.15, 0.2) is 0 Å². The van der Waals surface area contributed by atoms with Gasteiger partial charge >= 0.3 is 0 Å². The Labute approximate surface area is 74.4 Å². The van der Waals surface area contributed by atoms with E-state index in [9.17, 15) is 8.78 Å². The van der Waals surface area contributed by atoms with E-state index >= 15 is 0 Å². The van der Waals surface area contributed by atoms with Gasteiger partial charge in [0.05, 0.1) is 18.8 Å². The molecule has 1 heterocycles. The highest BCUT2D eigenvalue weighted by Gasteiger charge is 2.13. The first-order chi connectivity index (χ1) is 6.19. The van der Waals surface area contributed by atoms with Gasteiger partial charge in [-0.3, -0.25) is 0 Å². The van der Waals surface area contributed by atoms with Crippen LogP contribution >= 0.6 is 0 Å². The molecule has 72 valence electrons. The highest BCUT2D eigenvalue weighted by molar-refractivity contribution is 5.18. The lowest BCUT2D eigenvalue weighted by Gasteiger charge is -2.13. The molecule has 1 aromatic rings. The molecule has 0 aromatic carbocycles. The molecule has 0 radical (unpaired) electrons. The Morgan fingerprint density at radius 1 is 1.62 bits per heavy atom. The standard InChI is InChI=1S/C8H10F2N2O/c1-11-7(4-13)5-2-8(10)12-3-6(5)9/h2-3,7,11,13H,4H2,1H3. The summed E-state index contributed by atoms with van der Waals surface area (Å²) in [6, 6.07) is 0.365. The van der Waals surface area contributed by atoms with Gasteiger partial charge in [0.2, 0.25) is 5.95 Å². The van der Waals surface area contributed by atoms with Crippen molar-refractivity contribution in [2.75, 3.05) is 13.7 Å². The topological polar surface area (TPSA) is 45.1 Å². The largest absolute Gasteiger partial charge is 0.394 e. The zero-order valence-electron chi connectivity index (χ0n) is 7.09. The zero-order valence-corrected chi connectivity index (χ0v) is 7.09. The van der Waals surface area contributed by atoms with Crippen molar-refractivity contribution in [3.05, 3.63) is 29.6 Å². The van der Waals surface area contributed by atoms with Crippen LogP contribution in [0.2, 0.25) is 0 Å². The summed E-state index contributed by atoms with van der Waals surface area (Å²) in [7, 11) is 1.55. The Morgan fingerprint density at radius 3 is 2.85 bits per heavy atom. The van der Waals surface area contributed by atoms with E-state index in [1.165, 1.54) is 0 Å². The van der Waals surface area contributed by atoms with Crippen LogP contribution in [0.1, 0.15) is 11.6 Å². The van der Waals surface area contributed by atoms with E-state index in [4.69, 9.17) is 5.11 Å². The van der Waals surface area contributed by atoms with Crippen molar-refractivity contribution in [1.29, 1.82) is 0 Å². The third-order valence-corrected chi connectivity index (χ3v) is 1.76. The molecule has 0 spiro atoms. The average Bonchev–Trinajstić information content (AvgIpc) is 2.13. The Bertz CT molecular complexity index is 289. The zero-order chi connectivity index (χ0) is 9.84. The summed E-state index contributed by atoms with van der Waals surface area (Å²) >= 11 is 0. The number of likely N-dealkylation sites (N-methyl/N-ethyl adjacent to an activating group) is 1. The van der Waals surface area contributed by atoms with Crippen LogP contribution in [0.5, 0.6) is 0 Å². The first-order valence-corrected chi connectivity index (χ1v) is 3.78. The van der Waals surface area contributed by atoms with Crippen LogP contribution < -0.4 is 5.32 Å². The van der Waals surface area contributed by atoms with E-state index in [2.05, 4.69) is 10.3 Å². The number of aliphatic hydroxyl groups is 1. The van der Waals surface area contributed by atoms with Crippen molar-refractivity contribution in [3.63, 3.8) is 0 Å². The fourth-order valence-corrected chi connectivity index (χ4v) is 1.04. The second-order valence-corrected chi connectivity index (χ2v) is 2.55. The molecule has 0 bridgehead atoms. The predicted octanol–water partition coefficient (Wildman–Crippen LogP) is 0.613. The van der Waals surface area contributed by atoms with Crippen LogP contribution in [0.25, 0.3) is 0 Å². The molecule has 3 nitrogen and oxygen atoms in total. The number of nitrogens with zero attached hydrogens (tertiary/aromatic N) is 1. The SMILES string of the molecule is CNC(CO)c1cc(F)ncc1F. The predicted molar refractivity (Wildman–Crippen MR) is 43.0 cm³/mol. The summed E-state index contributed by atoms with van der Waals surface area (Å²) in [5.41, 5.74) is 0.0810. The van der Waals surface area contributed by atoms with Crippen molar-refractivity contribution >= 4 is 0 Å². The van der Waals surface area contributed by atoms with E-state index < -0.39 is 17.8 Å². The second kappa shape index (κ2) is 4.25. The Hall–Kier alpha value is -1.07. The van der Waals surface area contributed by atoms with Gasteiger partial charge < -0.3 is 10.4 Å². The van der Waals surface area contributed by atoms with Gasteiger partial charge in [-0.1, -0.05) is 0 Å². The molecule has 0 amide bonds. The number of aliphatic hydroxyl groups excluding tert-OH is 1. The lowest BCUT2D eigenvalue weighted by Crippen LogP contribution is -2.21. The lowest BCUT2D eigenvalue weighted by atomic mass is 10.1. The van der Waals surface area contributed by atoms with E-state index in [1.807, 2.05) is 0 Å². The number of hydrogen-bond donors (Lipinski definition) is 2. The maximum Gasteiger partial charge on any atom is 0.213 e. The highest BCUT2D eigenvalue weighted by atomic mass is 19.1. The summed E-state index contributed by atoms with van der Waals surface area (Å²) < 4.78 is 25.6. The minimum atomic E-state index is -0.759. The number of hydrogen-bond acceptors (Lipinski definition) is 3. The molecule has 0 aliphatic heterocycles. The normalized spacial score (nSPS) is 12.9. The molecule has 0 saturated heterocycles. The van der Waals surface area contributed by atoms with E-state index in [1.54, 1.807) is 7.05 Å². The Morgan fingerprint density at radius 2 is 2.31 bits per heavy atom. The minimum absolute atomic E-state index is 0.0810. The van der Waals surface area contributed by atoms with Crippen molar-refractivity contribution in [1.82, 2.24) is 10.3 Å². The summed E-state index contributed by atoms with van der Waals surface area (Å²) in [6.45, 7) is -0.295. The Kier molecular flexibility index (Phi) is 3.27. The van der Waals surface area contributed by atoms with E-state index in [-0.39, 0.29) is 12.2 Å². The van der Waals surface area contributed by atoms with Gasteiger partial charge in [0, 0.05) is 11.6 Å². The van der Waals surface area contributed by atoms with Gasteiger partial charge in [-0.15, -0.1) is 0 Å². The number of halogens is 2. The van der Waals surface area contributed by atoms with Gasteiger partial charge in [0.1, 0.15) is 5.82 Å². The maximum absolute atomic E-state index is 13.0. The van der Waals surface area contributed by atoms with Gasteiger partial charge in [-0.05, 0) is 7.05 Å². The molecule has 1 rings (SSSR count). The highest BCUT2D eigenvalue weighted by Crippen LogP contribution is 2.15. The van der Waals surface area contributed by atoms with Crippen molar-refractivity contribution in [2.45, 2.75) is 6.04 Å². The first kappa shape index (κ1) is 10.0. The monoisotopic (exact) mass is 188 g/mol. The van der Waals surface area contributed by atoms with Gasteiger partial charge in [-0.2, -0.15) is 4.39 Å². The molecule has 13 heavy (non-hydrogen) atoms. The summed E-state index contributed by atoms with van der Waals surface area (Å²) in [6.07, 6.45) is 0.796. The van der Waals surface area contributed by atoms with Crippen molar-refractivity contribution in [3.8, 4) is 0 Å². The van der Waals surface area contributed by atoms with Crippen LogP contribution in [-0.2, 0) is 0 Å². The quantitative estimate of drug-likeness (QED) is 0.683. The number of pyridine rings is 1. The van der Waals surface area contributed by atoms with E-state index in [0.717, 1.165) is 12.3 Å². The van der Waals surface area contributed by atoms with Gasteiger partial charge in [-0.25, -0.2) is 9.37 Å². The van der Waals surface area contributed by atoms with Crippen LogP contribution in [0.15, 0.2) is 12.3 Å². The molecule has 5 heteroatoms. The molecule has 0 aliphatic carbocycles. The van der Waals surface area contributed by atoms with Crippen LogP contribution in [0.3, 0.4) is 0 Å². The average molecular weight is 188 g/mol. The second-order valence-electron chi connectivity index (χ2n) is 2.55. The summed E-state index contributed by atoms with van der Waals surface area (Å²) in [4.78, 5) is 3.14. The Balaban J connectivity index is 3.03. The molecule has 0 fully saturated rings. The lowest BCUT2D eigenvalue weighted by molar-refractivity contribution is 0.247. The van der Waals surface area contributed by atoms with Crippen LogP contribution in [0, 0.1) is 11.8 Å². The summed E-state index contributed by atoms with van der Waals surface area (Å²) in [5, 5.41) is 11.5. The minimum Gasteiger partial charge on any atom is -0.394 e. The van der Waals surface area contributed by atoms with Crippen molar-refractivity contribution < 1.29 is 13.9 Å². The first-order valence-electron chi connectivity index (χ1n) is 3.78. The fraction of sp³-hybridized carbons (Fsp3) is 0.375. The number of rotatable bonds is 3. The van der Waals surface area contributed by atoms with Crippen LogP contribution in [-0.4, -0.2) is 23.7 Å². The molecular formula is C8H10F2N2O. The molecule has 1 aromatic heterocycles. The van der Waals surface area contributed by atoms with Gasteiger partial charge in [0.25, 0.3) is 0 Å². The van der Waals surface area contributed by atoms with Crippen LogP contribution in [0.4, 0.5) is 8.78 Å². The molecule has 1 atom stereocenters. The molecule has 0 saturated carbocycles. The number of nitrogens with one attached hydrogen (secondary N) is 1. The molecule has 1 unspecified atom stereocenters. The molecular weight excluding hydrogens is 178 g/mol. The van der Waals surface area contributed by atoms with E-state index in [0.29, 0.717) is 0 Å². The third kappa shape index (κ3) is 2.19. The maximum atomic E-state index is 13.0. The fourth-order valence-electron chi connectivity index (χ4n) is 1.04. The van der Waals surface area contributed by atoms with Crippen molar-refractivity contribution in [2.24, 2.45) is 0 Å². The smallest absolute Gasteiger partial charge is 0.213 e.